The third kappa shape index (κ3) is 1.65. The lowest BCUT2D eigenvalue weighted by molar-refractivity contribution is -0.143. The number of hydrogen-bond acceptors (Lipinski definition) is 2. The Bertz CT molecular complexity index is 457. The summed E-state index contributed by atoms with van der Waals surface area (Å²) in [5.41, 5.74) is 1.57. The van der Waals surface area contributed by atoms with E-state index in [0.29, 0.717) is 5.92 Å². The van der Waals surface area contributed by atoms with Crippen LogP contribution in [0.25, 0.3) is 0 Å². The minimum atomic E-state index is -0.660. The summed E-state index contributed by atoms with van der Waals surface area (Å²) in [6.45, 7) is 1.46. The van der Waals surface area contributed by atoms with Crippen LogP contribution < -0.4 is 0 Å². The average molecular weight is 246 g/mol. The summed E-state index contributed by atoms with van der Waals surface area (Å²) in [5.74, 6) is -0.272. The molecule has 2 aliphatic rings. The molecule has 0 aromatic heterocycles. The molecule has 1 aromatic rings. The topological polar surface area (TPSA) is 46.5 Å². The van der Waals surface area contributed by atoms with Crippen molar-refractivity contribution in [3.8, 4) is 0 Å². The van der Waals surface area contributed by atoms with Crippen LogP contribution in [0.2, 0.25) is 0 Å². The molecule has 0 spiro atoms. The van der Waals surface area contributed by atoms with Crippen LogP contribution in [-0.4, -0.2) is 24.3 Å². The first-order valence-corrected chi connectivity index (χ1v) is 6.64. The van der Waals surface area contributed by atoms with E-state index in [9.17, 15) is 9.90 Å². The molecule has 2 fully saturated rings. The monoisotopic (exact) mass is 246 g/mol. The first kappa shape index (κ1) is 11.7. The highest BCUT2D eigenvalue weighted by atomic mass is 16.5. The van der Waals surface area contributed by atoms with Gasteiger partial charge in [-0.2, -0.15) is 0 Å². The molecule has 1 aliphatic carbocycles. The van der Waals surface area contributed by atoms with Gasteiger partial charge in [0.05, 0.1) is 18.6 Å². The summed E-state index contributed by atoms with van der Waals surface area (Å²) in [5, 5.41) is 9.68. The van der Waals surface area contributed by atoms with Crippen molar-refractivity contribution in [1.29, 1.82) is 0 Å². The molecule has 1 aromatic carbocycles. The Kier molecular flexibility index (Phi) is 2.86. The number of aliphatic carboxylic acids is 1. The number of rotatable bonds is 3. The summed E-state index contributed by atoms with van der Waals surface area (Å²) < 4.78 is 5.25. The highest BCUT2D eigenvalue weighted by molar-refractivity contribution is 5.82. The van der Waals surface area contributed by atoms with Crippen LogP contribution >= 0.6 is 0 Å². The normalized spacial score (nSPS) is 22.7. The Morgan fingerprint density at radius 3 is 2.44 bits per heavy atom. The number of ether oxygens (including phenoxy) is 1. The Morgan fingerprint density at radius 2 is 1.89 bits per heavy atom. The summed E-state index contributed by atoms with van der Waals surface area (Å²) in [6, 6.07) is 8.04. The molecule has 3 rings (SSSR count). The second kappa shape index (κ2) is 4.39. The maximum Gasteiger partial charge on any atom is 0.314 e. The number of carboxylic acids is 1. The fraction of sp³-hybridized carbons (Fsp3) is 0.533. The smallest absolute Gasteiger partial charge is 0.314 e. The molecule has 0 amide bonds. The van der Waals surface area contributed by atoms with Gasteiger partial charge in [-0.25, -0.2) is 0 Å². The Labute approximate surface area is 107 Å². The molecule has 0 unspecified atom stereocenters. The third-order valence-corrected chi connectivity index (χ3v) is 4.42. The molecule has 0 bridgehead atoms. The number of carboxylic acid groups (broad SMARTS) is 1. The minimum Gasteiger partial charge on any atom is -0.481 e. The average Bonchev–Trinajstić information content (AvgIpc) is 2.77. The van der Waals surface area contributed by atoms with Crippen LogP contribution in [0.3, 0.4) is 0 Å². The Hall–Kier alpha value is -1.35. The lowest BCUT2D eigenvalue weighted by atomic mass is 9.74. The van der Waals surface area contributed by atoms with Crippen molar-refractivity contribution in [3.63, 3.8) is 0 Å². The van der Waals surface area contributed by atoms with Gasteiger partial charge < -0.3 is 9.84 Å². The van der Waals surface area contributed by atoms with E-state index < -0.39 is 11.4 Å². The number of hydrogen-bond donors (Lipinski definition) is 1. The first-order valence-electron chi connectivity index (χ1n) is 6.64. The van der Waals surface area contributed by atoms with Gasteiger partial charge in [0.2, 0.25) is 0 Å². The van der Waals surface area contributed by atoms with E-state index in [-0.39, 0.29) is 0 Å². The molecule has 1 saturated carbocycles. The zero-order valence-electron chi connectivity index (χ0n) is 10.4. The lowest BCUT2D eigenvalue weighted by Gasteiger charge is -2.33. The SMILES string of the molecule is O=C(O)C1(c2ccccc2C2COC2)CCCC1. The van der Waals surface area contributed by atoms with Crippen molar-refractivity contribution >= 4 is 5.97 Å². The quantitative estimate of drug-likeness (QED) is 0.892. The number of carbonyl (C=O) groups is 1. The van der Waals surface area contributed by atoms with E-state index in [4.69, 9.17) is 4.74 Å². The van der Waals surface area contributed by atoms with E-state index in [1.807, 2.05) is 18.2 Å². The summed E-state index contributed by atoms with van der Waals surface area (Å²) >= 11 is 0. The van der Waals surface area contributed by atoms with Gasteiger partial charge >= 0.3 is 5.97 Å². The van der Waals surface area contributed by atoms with Gasteiger partial charge in [-0.1, -0.05) is 37.1 Å². The summed E-state index contributed by atoms with van der Waals surface area (Å²) in [7, 11) is 0. The van der Waals surface area contributed by atoms with E-state index in [1.54, 1.807) is 0 Å². The van der Waals surface area contributed by atoms with E-state index in [2.05, 4.69) is 6.07 Å². The molecule has 1 heterocycles. The number of benzene rings is 1. The van der Waals surface area contributed by atoms with Crippen LogP contribution in [0.15, 0.2) is 24.3 Å². The van der Waals surface area contributed by atoms with Crippen molar-refractivity contribution in [2.45, 2.75) is 37.0 Å². The Morgan fingerprint density at radius 1 is 1.22 bits per heavy atom. The maximum absolute atomic E-state index is 11.8. The van der Waals surface area contributed by atoms with Crippen molar-refractivity contribution in [2.75, 3.05) is 13.2 Å². The predicted octanol–water partition coefficient (Wildman–Crippen LogP) is 2.70. The molecule has 3 heteroatoms. The van der Waals surface area contributed by atoms with Gasteiger partial charge in [0.1, 0.15) is 0 Å². The molecular formula is C15H18O3. The van der Waals surface area contributed by atoms with Crippen LogP contribution in [0.1, 0.15) is 42.7 Å². The lowest BCUT2D eigenvalue weighted by Crippen LogP contribution is -2.36. The molecule has 3 nitrogen and oxygen atoms in total. The predicted molar refractivity (Wildman–Crippen MR) is 67.8 cm³/mol. The van der Waals surface area contributed by atoms with Gasteiger partial charge in [-0.05, 0) is 24.0 Å². The zero-order valence-corrected chi connectivity index (χ0v) is 10.4. The first-order chi connectivity index (χ1) is 8.74. The largest absolute Gasteiger partial charge is 0.481 e. The third-order valence-electron chi connectivity index (χ3n) is 4.42. The van der Waals surface area contributed by atoms with Crippen LogP contribution in [0.5, 0.6) is 0 Å². The highest BCUT2D eigenvalue weighted by Crippen LogP contribution is 2.44. The van der Waals surface area contributed by atoms with Crippen LogP contribution in [0.4, 0.5) is 0 Å². The second-order valence-electron chi connectivity index (χ2n) is 5.42. The molecule has 18 heavy (non-hydrogen) atoms. The molecular weight excluding hydrogens is 228 g/mol. The minimum absolute atomic E-state index is 0.387. The van der Waals surface area contributed by atoms with Crippen molar-refractivity contribution in [2.24, 2.45) is 0 Å². The van der Waals surface area contributed by atoms with E-state index in [0.717, 1.165) is 44.5 Å². The van der Waals surface area contributed by atoms with Crippen molar-refractivity contribution in [1.82, 2.24) is 0 Å². The fourth-order valence-corrected chi connectivity index (χ4v) is 3.28. The van der Waals surface area contributed by atoms with Crippen LogP contribution in [-0.2, 0) is 14.9 Å². The molecule has 1 saturated heterocycles. The molecule has 1 N–H and O–H groups in total. The molecule has 1 aliphatic heterocycles. The van der Waals surface area contributed by atoms with Crippen molar-refractivity contribution in [3.05, 3.63) is 35.4 Å². The second-order valence-corrected chi connectivity index (χ2v) is 5.42. The maximum atomic E-state index is 11.8. The van der Waals surface area contributed by atoms with Crippen LogP contribution in [0, 0.1) is 0 Å². The van der Waals surface area contributed by atoms with Gasteiger partial charge in [0.25, 0.3) is 0 Å². The van der Waals surface area contributed by atoms with Gasteiger partial charge in [0, 0.05) is 5.92 Å². The Balaban J connectivity index is 2.06. The van der Waals surface area contributed by atoms with E-state index >= 15 is 0 Å². The van der Waals surface area contributed by atoms with E-state index in [1.165, 1.54) is 5.56 Å². The van der Waals surface area contributed by atoms with Gasteiger partial charge in [-0.15, -0.1) is 0 Å². The summed E-state index contributed by atoms with van der Waals surface area (Å²) in [4.78, 5) is 11.8. The zero-order chi connectivity index (χ0) is 12.6. The van der Waals surface area contributed by atoms with Gasteiger partial charge in [0.15, 0.2) is 0 Å². The molecule has 96 valence electrons. The fourth-order valence-electron chi connectivity index (χ4n) is 3.28. The molecule has 0 atom stereocenters. The van der Waals surface area contributed by atoms with Gasteiger partial charge in [-0.3, -0.25) is 4.79 Å². The summed E-state index contributed by atoms with van der Waals surface area (Å²) in [6.07, 6.45) is 3.57. The standard InChI is InChI=1S/C15H18O3/c16-14(17)15(7-3-4-8-15)13-6-2-1-5-12(13)11-9-18-10-11/h1-2,5-6,11H,3-4,7-10H2,(H,16,17). The molecule has 0 radical (unpaired) electrons. The highest BCUT2D eigenvalue weighted by Gasteiger charge is 2.45. The van der Waals surface area contributed by atoms with Crippen molar-refractivity contribution < 1.29 is 14.6 Å².